The second kappa shape index (κ2) is 4.25. The Labute approximate surface area is 99.0 Å². The average Bonchev–Trinajstić information content (AvgIpc) is 2.68. The van der Waals surface area contributed by atoms with Crippen molar-refractivity contribution in [2.45, 2.75) is 6.18 Å². The normalized spacial score (nSPS) is 11.7. The summed E-state index contributed by atoms with van der Waals surface area (Å²) < 4.78 is 40.4. The Morgan fingerprint density at radius 1 is 1.33 bits per heavy atom. The summed E-state index contributed by atoms with van der Waals surface area (Å²) in [4.78, 5) is 13.3. The zero-order valence-electron chi connectivity index (χ0n) is 8.91. The number of fused-ring (bicyclic) bond motifs is 1. The van der Waals surface area contributed by atoms with Gasteiger partial charge in [-0.2, -0.15) is 13.2 Å². The standard InChI is InChI=1S/C11H8F3NO3/c12-11(13,14)5-18-7-1-2-8-6(3-7)4-9(15-8)10(16)17/h1-4,15H,5H2,(H,16,17). The predicted molar refractivity (Wildman–Crippen MR) is 56.8 cm³/mol. The number of hydrogen-bond acceptors (Lipinski definition) is 2. The third-order valence-corrected chi connectivity index (χ3v) is 2.23. The number of benzene rings is 1. The number of aromatic amines is 1. The molecule has 2 aromatic rings. The van der Waals surface area contributed by atoms with Crippen LogP contribution in [0.5, 0.6) is 5.75 Å². The van der Waals surface area contributed by atoms with Crippen molar-refractivity contribution in [3.05, 3.63) is 30.0 Å². The summed E-state index contributed by atoms with van der Waals surface area (Å²) in [7, 11) is 0. The molecular weight excluding hydrogens is 251 g/mol. The Morgan fingerprint density at radius 3 is 2.67 bits per heavy atom. The molecule has 0 bridgehead atoms. The van der Waals surface area contributed by atoms with Crippen LogP contribution in [0.3, 0.4) is 0 Å². The highest BCUT2D eigenvalue weighted by Gasteiger charge is 2.28. The molecule has 0 atom stereocenters. The van der Waals surface area contributed by atoms with Gasteiger partial charge in [0.1, 0.15) is 11.4 Å². The molecule has 0 spiro atoms. The van der Waals surface area contributed by atoms with E-state index in [0.29, 0.717) is 10.9 Å². The van der Waals surface area contributed by atoms with E-state index >= 15 is 0 Å². The van der Waals surface area contributed by atoms with Crippen LogP contribution in [0.15, 0.2) is 24.3 Å². The smallest absolute Gasteiger partial charge is 0.422 e. The van der Waals surface area contributed by atoms with Gasteiger partial charge in [0.15, 0.2) is 6.61 Å². The molecule has 1 aromatic heterocycles. The number of carboxylic acids is 1. The highest BCUT2D eigenvalue weighted by atomic mass is 19.4. The molecule has 4 nitrogen and oxygen atoms in total. The molecule has 0 amide bonds. The molecule has 0 radical (unpaired) electrons. The Bertz CT molecular complexity index is 589. The number of rotatable bonds is 3. The minimum atomic E-state index is -4.40. The number of alkyl halides is 3. The van der Waals surface area contributed by atoms with Crippen molar-refractivity contribution in [2.75, 3.05) is 6.61 Å². The first-order valence-corrected chi connectivity index (χ1v) is 4.91. The Kier molecular flexibility index (Phi) is 2.90. The lowest BCUT2D eigenvalue weighted by molar-refractivity contribution is -0.153. The van der Waals surface area contributed by atoms with Crippen LogP contribution in [0, 0.1) is 0 Å². The van der Waals surface area contributed by atoms with Gasteiger partial charge in [-0.25, -0.2) is 4.79 Å². The van der Waals surface area contributed by atoms with Crippen molar-refractivity contribution in [1.82, 2.24) is 4.98 Å². The number of nitrogens with one attached hydrogen (secondary N) is 1. The molecular formula is C11H8F3NO3. The second-order valence-electron chi connectivity index (χ2n) is 3.64. The summed E-state index contributed by atoms with van der Waals surface area (Å²) in [5.74, 6) is -1.10. The van der Waals surface area contributed by atoms with Gasteiger partial charge in [0.25, 0.3) is 0 Å². The van der Waals surface area contributed by atoms with Crippen molar-refractivity contribution in [2.24, 2.45) is 0 Å². The highest BCUT2D eigenvalue weighted by molar-refractivity contribution is 5.94. The Morgan fingerprint density at radius 2 is 2.06 bits per heavy atom. The molecule has 1 heterocycles. The van der Waals surface area contributed by atoms with Crippen molar-refractivity contribution >= 4 is 16.9 Å². The molecule has 0 aliphatic carbocycles. The molecule has 2 rings (SSSR count). The number of aromatic nitrogens is 1. The lowest BCUT2D eigenvalue weighted by Gasteiger charge is -2.08. The van der Waals surface area contributed by atoms with Crippen LogP contribution in [0.2, 0.25) is 0 Å². The summed E-state index contributed by atoms with van der Waals surface area (Å²) >= 11 is 0. The maximum Gasteiger partial charge on any atom is 0.422 e. The van der Waals surface area contributed by atoms with Gasteiger partial charge in [-0.15, -0.1) is 0 Å². The molecule has 0 aliphatic heterocycles. The lowest BCUT2D eigenvalue weighted by atomic mass is 10.2. The number of ether oxygens (including phenoxy) is 1. The van der Waals surface area contributed by atoms with Gasteiger partial charge >= 0.3 is 12.1 Å². The first kappa shape index (κ1) is 12.3. The van der Waals surface area contributed by atoms with Crippen LogP contribution < -0.4 is 4.74 Å². The van der Waals surface area contributed by atoms with Crippen molar-refractivity contribution in [3.63, 3.8) is 0 Å². The van der Waals surface area contributed by atoms with E-state index in [0.717, 1.165) is 0 Å². The predicted octanol–water partition coefficient (Wildman–Crippen LogP) is 2.81. The number of carbonyl (C=O) groups is 1. The minimum absolute atomic E-state index is 0.0297. The fourth-order valence-electron chi connectivity index (χ4n) is 1.48. The highest BCUT2D eigenvalue weighted by Crippen LogP contribution is 2.23. The minimum Gasteiger partial charge on any atom is -0.484 e. The molecule has 0 aliphatic rings. The van der Waals surface area contributed by atoms with Crippen LogP contribution in [0.1, 0.15) is 10.5 Å². The first-order valence-electron chi connectivity index (χ1n) is 4.91. The van der Waals surface area contributed by atoms with E-state index in [1.165, 1.54) is 24.3 Å². The van der Waals surface area contributed by atoms with Crippen molar-refractivity contribution < 1.29 is 27.8 Å². The third-order valence-electron chi connectivity index (χ3n) is 2.23. The number of halogens is 3. The van der Waals surface area contributed by atoms with Crippen molar-refractivity contribution in [1.29, 1.82) is 0 Å². The Balaban J connectivity index is 2.24. The molecule has 7 heteroatoms. The van der Waals surface area contributed by atoms with E-state index < -0.39 is 18.8 Å². The molecule has 0 saturated carbocycles. The summed E-state index contributed by atoms with van der Waals surface area (Å²) in [5, 5.41) is 9.23. The van der Waals surface area contributed by atoms with Crippen LogP contribution in [0.25, 0.3) is 10.9 Å². The van der Waals surface area contributed by atoms with Crippen LogP contribution in [0.4, 0.5) is 13.2 Å². The zero-order chi connectivity index (χ0) is 13.3. The monoisotopic (exact) mass is 259 g/mol. The summed E-state index contributed by atoms with van der Waals surface area (Å²) in [6, 6.07) is 5.49. The van der Waals surface area contributed by atoms with Gasteiger partial charge in [0.05, 0.1) is 0 Å². The second-order valence-corrected chi connectivity index (χ2v) is 3.64. The van der Waals surface area contributed by atoms with Crippen molar-refractivity contribution in [3.8, 4) is 5.75 Å². The van der Waals surface area contributed by atoms with Gasteiger partial charge in [-0.3, -0.25) is 0 Å². The van der Waals surface area contributed by atoms with E-state index in [4.69, 9.17) is 5.11 Å². The molecule has 0 unspecified atom stereocenters. The number of hydrogen-bond donors (Lipinski definition) is 2. The van der Waals surface area contributed by atoms with E-state index in [1.807, 2.05) is 0 Å². The first-order chi connectivity index (χ1) is 8.35. The van der Waals surface area contributed by atoms with Gasteiger partial charge < -0.3 is 14.8 Å². The van der Waals surface area contributed by atoms with E-state index in [9.17, 15) is 18.0 Å². The topological polar surface area (TPSA) is 62.3 Å². The molecule has 0 saturated heterocycles. The summed E-state index contributed by atoms with van der Waals surface area (Å²) in [6.07, 6.45) is -4.40. The average molecular weight is 259 g/mol. The molecule has 96 valence electrons. The molecule has 0 fully saturated rings. The third kappa shape index (κ3) is 2.73. The SMILES string of the molecule is O=C(O)c1cc2cc(OCC(F)(F)F)ccc2[nH]1. The van der Waals surface area contributed by atoms with E-state index in [-0.39, 0.29) is 11.4 Å². The maximum atomic E-state index is 12.0. The summed E-state index contributed by atoms with van der Waals surface area (Å²) in [6.45, 7) is -1.38. The fraction of sp³-hybridized carbons (Fsp3) is 0.182. The van der Waals surface area contributed by atoms with Crippen LogP contribution in [-0.4, -0.2) is 28.8 Å². The lowest BCUT2D eigenvalue weighted by Crippen LogP contribution is -2.19. The summed E-state index contributed by atoms with van der Waals surface area (Å²) in [5.41, 5.74) is 0.490. The number of aromatic carboxylic acids is 1. The quantitative estimate of drug-likeness (QED) is 0.890. The van der Waals surface area contributed by atoms with Crippen LogP contribution >= 0.6 is 0 Å². The van der Waals surface area contributed by atoms with E-state index in [2.05, 4.69) is 9.72 Å². The molecule has 2 N–H and O–H groups in total. The largest absolute Gasteiger partial charge is 0.484 e. The molecule has 18 heavy (non-hydrogen) atoms. The van der Waals surface area contributed by atoms with Gasteiger partial charge in [0, 0.05) is 10.9 Å². The zero-order valence-corrected chi connectivity index (χ0v) is 8.91. The number of H-pyrrole nitrogens is 1. The van der Waals surface area contributed by atoms with Gasteiger partial charge in [0.2, 0.25) is 0 Å². The molecule has 1 aromatic carbocycles. The van der Waals surface area contributed by atoms with Gasteiger partial charge in [-0.1, -0.05) is 0 Å². The fourth-order valence-corrected chi connectivity index (χ4v) is 1.48. The maximum absolute atomic E-state index is 12.0. The Hall–Kier alpha value is -2.18. The van der Waals surface area contributed by atoms with Gasteiger partial charge in [-0.05, 0) is 24.3 Å². The van der Waals surface area contributed by atoms with E-state index in [1.54, 1.807) is 0 Å². The number of carboxylic acid groups (broad SMARTS) is 1. The van der Waals surface area contributed by atoms with Crippen LogP contribution in [-0.2, 0) is 0 Å².